The number of hydrogen-bond donors (Lipinski definition) is 0. The molecule has 1 saturated heterocycles. The summed E-state index contributed by atoms with van der Waals surface area (Å²) in [7, 11) is 3.68. The van der Waals surface area contributed by atoms with Gasteiger partial charge >= 0.3 is 0 Å². The van der Waals surface area contributed by atoms with Crippen LogP contribution in [0.1, 0.15) is 30.1 Å². The van der Waals surface area contributed by atoms with Gasteiger partial charge in [0.1, 0.15) is 5.82 Å². The molecule has 1 atom stereocenters. The Morgan fingerprint density at radius 3 is 2.91 bits per heavy atom. The summed E-state index contributed by atoms with van der Waals surface area (Å²) in [5.41, 5.74) is 1.72. The Kier molecular flexibility index (Phi) is 6.16. The summed E-state index contributed by atoms with van der Waals surface area (Å²) in [6.07, 6.45) is 3.83. The van der Waals surface area contributed by atoms with Crippen molar-refractivity contribution in [3.05, 3.63) is 36.0 Å². The van der Waals surface area contributed by atoms with E-state index in [1.165, 1.54) is 0 Å². The second kappa shape index (κ2) is 8.11. The molecule has 0 bridgehead atoms. The number of methoxy groups -OCH3 is 1. The Morgan fingerprint density at radius 2 is 2.30 bits per heavy atom. The molecule has 1 fully saturated rings. The van der Waals surface area contributed by atoms with Gasteiger partial charge in [-0.05, 0) is 37.8 Å². The summed E-state index contributed by atoms with van der Waals surface area (Å²) in [5, 5.41) is 0. The van der Waals surface area contributed by atoms with E-state index in [4.69, 9.17) is 4.74 Å². The largest absolute Gasteiger partial charge is 0.384 e. The van der Waals surface area contributed by atoms with Crippen molar-refractivity contribution >= 4 is 11.7 Å². The Labute approximate surface area is 138 Å². The molecule has 1 aromatic rings. The number of piperidine rings is 1. The average molecular weight is 317 g/mol. The molecule has 5 heteroatoms. The zero-order chi connectivity index (χ0) is 16.8. The number of ether oxygens (including phenoxy) is 1. The van der Waals surface area contributed by atoms with Gasteiger partial charge in [0.25, 0.3) is 5.91 Å². The van der Waals surface area contributed by atoms with Crippen molar-refractivity contribution in [1.29, 1.82) is 0 Å². The smallest absolute Gasteiger partial charge is 0.255 e. The van der Waals surface area contributed by atoms with Gasteiger partial charge in [-0.1, -0.05) is 12.2 Å². The van der Waals surface area contributed by atoms with Gasteiger partial charge in [0, 0.05) is 40.0 Å². The summed E-state index contributed by atoms with van der Waals surface area (Å²) >= 11 is 0. The van der Waals surface area contributed by atoms with Gasteiger partial charge in [0.15, 0.2) is 0 Å². The van der Waals surface area contributed by atoms with E-state index in [1.807, 2.05) is 35.9 Å². The predicted octanol–water partition coefficient (Wildman–Crippen LogP) is 2.59. The topological polar surface area (TPSA) is 45.7 Å². The Balaban J connectivity index is 2.01. The van der Waals surface area contributed by atoms with E-state index in [1.54, 1.807) is 13.3 Å². The number of carbonyl (C=O) groups is 1. The minimum atomic E-state index is 0.0624. The highest BCUT2D eigenvalue weighted by Crippen LogP contribution is 2.19. The van der Waals surface area contributed by atoms with Gasteiger partial charge in [0.05, 0.1) is 12.2 Å². The molecule has 0 unspecified atom stereocenters. The summed E-state index contributed by atoms with van der Waals surface area (Å²) in [4.78, 5) is 21.0. The lowest BCUT2D eigenvalue weighted by molar-refractivity contribution is 0.0570. The van der Waals surface area contributed by atoms with E-state index in [0.29, 0.717) is 18.1 Å². The van der Waals surface area contributed by atoms with Crippen LogP contribution >= 0.6 is 0 Å². The van der Waals surface area contributed by atoms with Crippen LogP contribution in [0.3, 0.4) is 0 Å². The maximum absolute atomic E-state index is 12.6. The second-order valence-corrected chi connectivity index (χ2v) is 6.43. The van der Waals surface area contributed by atoms with Crippen LogP contribution in [0.5, 0.6) is 0 Å². The number of pyridine rings is 1. The lowest BCUT2D eigenvalue weighted by Gasteiger charge is -2.32. The van der Waals surface area contributed by atoms with E-state index < -0.39 is 0 Å². The fourth-order valence-electron chi connectivity index (χ4n) is 3.03. The number of likely N-dealkylation sites (tertiary alicyclic amines) is 1. The van der Waals surface area contributed by atoms with Crippen molar-refractivity contribution in [3.8, 4) is 0 Å². The first-order valence-electron chi connectivity index (χ1n) is 8.11. The Morgan fingerprint density at radius 1 is 1.52 bits per heavy atom. The fraction of sp³-hybridized carbons (Fsp3) is 0.556. The molecule has 1 aliphatic heterocycles. The first-order chi connectivity index (χ1) is 11.0. The van der Waals surface area contributed by atoms with E-state index in [-0.39, 0.29) is 5.91 Å². The first-order valence-corrected chi connectivity index (χ1v) is 8.11. The maximum atomic E-state index is 12.6. The third-order valence-corrected chi connectivity index (χ3v) is 4.10. The van der Waals surface area contributed by atoms with Crippen LogP contribution < -0.4 is 4.90 Å². The highest BCUT2D eigenvalue weighted by atomic mass is 16.5. The molecule has 2 heterocycles. The van der Waals surface area contributed by atoms with Crippen molar-refractivity contribution in [2.24, 2.45) is 5.92 Å². The number of anilines is 1. The van der Waals surface area contributed by atoms with E-state index >= 15 is 0 Å². The summed E-state index contributed by atoms with van der Waals surface area (Å²) < 4.78 is 5.23. The molecule has 1 aliphatic rings. The molecule has 0 aromatic carbocycles. The number of nitrogens with zero attached hydrogens (tertiary/aromatic N) is 3. The molecule has 2 rings (SSSR count). The molecular weight excluding hydrogens is 290 g/mol. The normalized spacial score (nSPS) is 17.9. The van der Waals surface area contributed by atoms with Crippen LogP contribution in [-0.4, -0.2) is 56.2 Å². The summed E-state index contributed by atoms with van der Waals surface area (Å²) in [6.45, 7) is 8.95. The zero-order valence-electron chi connectivity index (χ0n) is 14.4. The minimum Gasteiger partial charge on any atom is -0.384 e. The SMILES string of the molecule is C=C(C)CN(C)c1ccc(C(=O)N2CCC[C@@H](COC)C2)cn1. The summed E-state index contributed by atoms with van der Waals surface area (Å²) in [6, 6.07) is 3.76. The third-order valence-electron chi connectivity index (χ3n) is 4.10. The number of hydrogen-bond acceptors (Lipinski definition) is 4. The van der Waals surface area contributed by atoms with Gasteiger partial charge in [0.2, 0.25) is 0 Å². The minimum absolute atomic E-state index is 0.0624. The van der Waals surface area contributed by atoms with Crippen LogP contribution in [0, 0.1) is 5.92 Å². The molecule has 1 aromatic heterocycles. The van der Waals surface area contributed by atoms with Gasteiger partial charge in [-0.3, -0.25) is 4.79 Å². The molecule has 0 saturated carbocycles. The highest BCUT2D eigenvalue weighted by Gasteiger charge is 2.24. The van der Waals surface area contributed by atoms with Gasteiger partial charge in [-0.15, -0.1) is 0 Å². The standard InChI is InChI=1S/C18H27N3O2/c1-14(2)11-20(3)17-8-7-16(10-19-17)18(22)21-9-5-6-15(12-21)13-23-4/h7-8,10,15H,1,5-6,9,11-13H2,2-4H3/t15-/m1/s1. The van der Waals surface area contributed by atoms with Crippen LogP contribution in [0.25, 0.3) is 0 Å². The quantitative estimate of drug-likeness (QED) is 0.757. The number of amides is 1. The molecule has 23 heavy (non-hydrogen) atoms. The lowest BCUT2D eigenvalue weighted by Crippen LogP contribution is -2.41. The van der Waals surface area contributed by atoms with Crippen molar-refractivity contribution < 1.29 is 9.53 Å². The molecule has 0 spiro atoms. The van der Waals surface area contributed by atoms with E-state index in [2.05, 4.69) is 11.6 Å². The molecule has 1 amide bonds. The van der Waals surface area contributed by atoms with E-state index in [9.17, 15) is 4.79 Å². The number of rotatable bonds is 6. The van der Waals surface area contributed by atoms with Crippen molar-refractivity contribution in [1.82, 2.24) is 9.88 Å². The molecular formula is C18H27N3O2. The predicted molar refractivity (Wildman–Crippen MR) is 92.8 cm³/mol. The van der Waals surface area contributed by atoms with Gasteiger partial charge < -0.3 is 14.5 Å². The van der Waals surface area contributed by atoms with Crippen molar-refractivity contribution in [3.63, 3.8) is 0 Å². The zero-order valence-corrected chi connectivity index (χ0v) is 14.4. The van der Waals surface area contributed by atoms with Crippen LogP contribution in [0.15, 0.2) is 30.5 Å². The lowest BCUT2D eigenvalue weighted by atomic mass is 9.98. The first kappa shape index (κ1) is 17.5. The molecule has 0 radical (unpaired) electrons. The maximum Gasteiger partial charge on any atom is 0.255 e. The van der Waals surface area contributed by atoms with Crippen molar-refractivity contribution in [2.75, 3.05) is 45.3 Å². The summed E-state index contributed by atoms with van der Waals surface area (Å²) in [5.74, 6) is 1.35. The fourth-order valence-corrected chi connectivity index (χ4v) is 3.03. The molecule has 0 aliphatic carbocycles. The number of likely N-dealkylation sites (N-methyl/N-ethyl adjacent to an activating group) is 1. The monoisotopic (exact) mass is 317 g/mol. The highest BCUT2D eigenvalue weighted by molar-refractivity contribution is 5.94. The molecule has 5 nitrogen and oxygen atoms in total. The van der Waals surface area contributed by atoms with Gasteiger partial charge in [-0.25, -0.2) is 4.98 Å². The third kappa shape index (κ3) is 4.79. The Bertz CT molecular complexity index is 540. The average Bonchev–Trinajstić information content (AvgIpc) is 2.54. The molecule has 0 N–H and O–H groups in total. The molecule has 126 valence electrons. The number of carbonyl (C=O) groups excluding carboxylic acids is 1. The number of aromatic nitrogens is 1. The van der Waals surface area contributed by atoms with Crippen LogP contribution in [-0.2, 0) is 4.74 Å². The van der Waals surface area contributed by atoms with Gasteiger partial charge in [-0.2, -0.15) is 0 Å². The Hall–Kier alpha value is -1.88. The van der Waals surface area contributed by atoms with Crippen LogP contribution in [0.2, 0.25) is 0 Å². The van der Waals surface area contributed by atoms with Crippen LogP contribution in [0.4, 0.5) is 5.82 Å². The van der Waals surface area contributed by atoms with E-state index in [0.717, 1.165) is 43.9 Å². The van der Waals surface area contributed by atoms with Crippen molar-refractivity contribution in [2.45, 2.75) is 19.8 Å². The second-order valence-electron chi connectivity index (χ2n) is 6.43.